The molecule has 3 aliphatic rings. The fraction of sp³-hybridized carbons (Fsp3) is 0.471. The highest BCUT2D eigenvalue weighted by molar-refractivity contribution is 6.02. The number of rotatable bonds is 2. The van der Waals surface area contributed by atoms with E-state index in [0.29, 0.717) is 24.7 Å². The highest BCUT2D eigenvalue weighted by atomic mass is 16.7. The van der Waals surface area contributed by atoms with Crippen LogP contribution in [-0.4, -0.2) is 24.9 Å². The Morgan fingerprint density at radius 3 is 2.65 bits per heavy atom. The van der Waals surface area contributed by atoms with Crippen molar-refractivity contribution in [2.24, 2.45) is 0 Å². The van der Waals surface area contributed by atoms with Crippen molar-refractivity contribution in [2.45, 2.75) is 37.9 Å². The molecule has 23 heavy (non-hydrogen) atoms. The fourth-order valence-corrected chi connectivity index (χ4v) is 3.15. The molecule has 1 aliphatic carbocycles. The molecule has 0 bridgehead atoms. The minimum Gasteiger partial charge on any atom is -0.494 e. The van der Waals surface area contributed by atoms with Crippen LogP contribution in [0.25, 0.3) is 0 Å². The third-order valence-electron chi connectivity index (χ3n) is 4.28. The Morgan fingerprint density at radius 1 is 1.04 bits per heavy atom. The maximum absolute atomic E-state index is 12.1. The summed E-state index contributed by atoms with van der Waals surface area (Å²) in [7, 11) is 0. The number of fused-ring (bicyclic) bond motifs is 1. The molecule has 1 aromatic rings. The van der Waals surface area contributed by atoms with Crippen LogP contribution < -0.4 is 14.8 Å². The second-order valence-electron chi connectivity index (χ2n) is 5.99. The van der Waals surface area contributed by atoms with Crippen molar-refractivity contribution < 1.29 is 23.7 Å². The quantitative estimate of drug-likeness (QED) is 0.908. The van der Waals surface area contributed by atoms with Crippen molar-refractivity contribution in [2.75, 3.05) is 18.5 Å². The SMILES string of the molecule is O=C(Nc1ccc2c(c1)OC1(CCCCC1)O2)C1=COCCO1. The highest BCUT2D eigenvalue weighted by Crippen LogP contribution is 2.46. The third kappa shape index (κ3) is 2.81. The van der Waals surface area contributed by atoms with E-state index in [1.165, 1.54) is 12.7 Å². The molecule has 4 rings (SSSR count). The minimum absolute atomic E-state index is 0.178. The number of carbonyl (C=O) groups excluding carboxylic acids is 1. The van der Waals surface area contributed by atoms with Crippen LogP contribution in [0.15, 0.2) is 30.2 Å². The van der Waals surface area contributed by atoms with E-state index in [2.05, 4.69) is 5.32 Å². The van der Waals surface area contributed by atoms with Gasteiger partial charge in [0.1, 0.15) is 19.5 Å². The molecule has 0 unspecified atom stereocenters. The molecule has 2 aliphatic heterocycles. The van der Waals surface area contributed by atoms with Gasteiger partial charge in [0.25, 0.3) is 11.7 Å². The van der Waals surface area contributed by atoms with Crippen LogP contribution in [0.4, 0.5) is 5.69 Å². The molecule has 0 atom stereocenters. The van der Waals surface area contributed by atoms with Crippen LogP contribution in [0.3, 0.4) is 0 Å². The Hall–Kier alpha value is -2.37. The van der Waals surface area contributed by atoms with Gasteiger partial charge in [-0.2, -0.15) is 0 Å². The van der Waals surface area contributed by atoms with Crippen molar-refractivity contribution in [3.05, 3.63) is 30.2 Å². The molecule has 122 valence electrons. The zero-order valence-electron chi connectivity index (χ0n) is 12.8. The molecule has 1 spiro atoms. The zero-order chi connectivity index (χ0) is 15.7. The number of carbonyl (C=O) groups is 1. The van der Waals surface area contributed by atoms with Crippen molar-refractivity contribution in [3.8, 4) is 11.5 Å². The van der Waals surface area contributed by atoms with E-state index >= 15 is 0 Å². The largest absolute Gasteiger partial charge is 0.494 e. The summed E-state index contributed by atoms with van der Waals surface area (Å²) in [5.41, 5.74) is 0.639. The van der Waals surface area contributed by atoms with Crippen LogP contribution >= 0.6 is 0 Å². The lowest BCUT2D eigenvalue weighted by atomic mass is 9.94. The number of ether oxygens (including phenoxy) is 4. The van der Waals surface area contributed by atoms with Gasteiger partial charge in [0.2, 0.25) is 5.76 Å². The standard InChI is InChI=1S/C17H19NO5/c19-16(15-11-20-8-9-21-15)18-12-4-5-13-14(10-12)23-17(22-13)6-2-1-3-7-17/h4-5,10-11H,1-3,6-9H2,(H,18,19). The van der Waals surface area contributed by atoms with E-state index in [0.717, 1.165) is 31.4 Å². The Balaban J connectivity index is 1.47. The molecule has 1 saturated carbocycles. The molecule has 0 radical (unpaired) electrons. The molecular formula is C17H19NO5. The van der Waals surface area contributed by atoms with Crippen LogP contribution in [0, 0.1) is 0 Å². The van der Waals surface area contributed by atoms with Crippen molar-refractivity contribution >= 4 is 11.6 Å². The summed E-state index contributed by atoms with van der Waals surface area (Å²) in [4.78, 5) is 12.1. The summed E-state index contributed by atoms with van der Waals surface area (Å²) in [5.74, 6) is 0.751. The normalized spacial score (nSPS) is 21.1. The zero-order valence-corrected chi connectivity index (χ0v) is 12.8. The monoisotopic (exact) mass is 317 g/mol. The van der Waals surface area contributed by atoms with E-state index in [-0.39, 0.29) is 11.7 Å². The molecule has 0 aromatic heterocycles. The van der Waals surface area contributed by atoms with Gasteiger partial charge in [-0.05, 0) is 25.0 Å². The summed E-state index contributed by atoms with van der Waals surface area (Å²) in [6, 6.07) is 5.42. The summed E-state index contributed by atoms with van der Waals surface area (Å²) >= 11 is 0. The van der Waals surface area contributed by atoms with Gasteiger partial charge in [0.05, 0.1) is 0 Å². The summed E-state index contributed by atoms with van der Waals surface area (Å²) < 4.78 is 22.4. The first-order valence-electron chi connectivity index (χ1n) is 8.02. The Labute approximate surface area is 134 Å². The average Bonchev–Trinajstić information content (AvgIpc) is 2.93. The summed E-state index contributed by atoms with van der Waals surface area (Å²) in [6.07, 6.45) is 6.60. The number of benzene rings is 1. The smallest absolute Gasteiger partial charge is 0.294 e. The van der Waals surface area contributed by atoms with Crippen LogP contribution in [0.1, 0.15) is 32.1 Å². The highest BCUT2D eigenvalue weighted by Gasteiger charge is 2.42. The molecule has 6 nitrogen and oxygen atoms in total. The number of hydrogen-bond acceptors (Lipinski definition) is 5. The Morgan fingerprint density at radius 2 is 1.87 bits per heavy atom. The lowest BCUT2D eigenvalue weighted by Crippen LogP contribution is -2.40. The second kappa shape index (κ2) is 5.68. The van der Waals surface area contributed by atoms with Gasteiger partial charge in [-0.1, -0.05) is 6.42 Å². The first-order chi connectivity index (χ1) is 11.2. The molecule has 1 fully saturated rings. The molecule has 1 aromatic carbocycles. The summed E-state index contributed by atoms with van der Waals surface area (Å²) in [6.45, 7) is 0.839. The lowest BCUT2D eigenvalue weighted by Gasteiger charge is -2.31. The maximum atomic E-state index is 12.1. The van der Waals surface area contributed by atoms with Crippen molar-refractivity contribution in [1.29, 1.82) is 0 Å². The topological polar surface area (TPSA) is 66.0 Å². The van der Waals surface area contributed by atoms with E-state index in [1.54, 1.807) is 12.1 Å². The van der Waals surface area contributed by atoms with Gasteiger partial charge in [-0.3, -0.25) is 4.79 Å². The number of nitrogens with one attached hydrogen (secondary N) is 1. The van der Waals surface area contributed by atoms with Gasteiger partial charge in [-0.15, -0.1) is 0 Å². The minimum atomic E-state index is -0.508. The van der Waals surface area contributed by atoms with Crippen molar-refractivity contribution in [3.63, 3.8) is 0 Å². The number of anilines is 1. The first-order valence-corrected chi connectivity index (χ1v) is 8.02. The average molecular weight is 317 g/mol. The van der Waals surface area contributed by atoms with Crippen LogP contribution in [-0.2, 0) is 14.3 Å². The molecule has 1 N–H and O–H groups in total. The second-order valence-corrected chi connectivity index (χ2v) is 5.99. The van der Waals surface area contributed by atoms with E-state index in [9.17, 15) is 4.79 Å². The Bertz CT molecular complexity index is 648. The van der Waals surface area contributed by atoms with E-state index in [1.807, 2.05) is 6.07 Å². The molecule has 1 amide bonds. The van der Waals surface area contributed by atoms with E-state index < -0.39 is 5.79 Å². The van der Waals surface area contributed by atoms with Gasteiger partial charge in [0, 0.05) is 24.6 Å². The fourth-order valence-electron chi connectivity index (χ4n) is 3.15. The lowest BCUT2D eigenvalue weighted by molar-refractivity contribution is -0.117. The van der Waals surface area contributed by atoms with Gasteiger partial charge < -0.3 is 24.3 Å². The van der Waals surface area contributed by atoms with Gasteiger partial charge in [-0.25, -0.2) is 0 Å². The maximum Gasteiger partial charge on any atom is 0.294 e. The Kier molecular flexibility index (Phi) is 3.52. The summed E-state index contributed by atoms with van der Waals surface area (Å²) in [5, 5.41) is 2.78. The first kappa shape index (κ1) is 14.2. The third-order valence-corrected chi connectivity index (χ3v) is 4.28. The van der Waals surface area contributed by atoms with E-state index in [4.69, 9.17) is 18.9 Å². The molecule has 2 heterocycles. The van der Waals surface area contributed by atoms with Crippen LogP contribution in [0.5, 0.6) is 11.5 Å². The molecule has 6 heteroatoms. The number of amides is 1. The number of hydrogen-bond donors (Lipinski definition) is 1. The predicted molar refractivity (Wildman–Crippen MR) is 82.1 cm³/mol. The molecular weight excluding hydrogens is 298 g/mol. The van der Waals surface area contributed by atoms with Crippen molar-refractivity contribution in [1.82, 2.24) is 0 Å². The van der Waals surface area contributed by atoms with Gasteiger partial charge in [0.15, 0.2) is 11.5 Å². The molecule has 0 saturated heterocycles. The van der Waals surface area contributed by atoms with Crippen LogP contribution in [0.2, 0.25) is 0 Å². The van der Waals surface area contributed by atoms with Gasteiger partial charge >= 0.3 is 0 Å². The predicted octanol–water partition coefficient (Wildman–Crippen LogP) is 2.94.